The van der Waals surface area contributed by atoms with Gasteiger partial charge in [-0.1, -0.05) is 35.4 Å². The predicted octanol–water partition coefficient (Wildman–Crippen LogP) is 5.51. The Hall–Kier alpha value is -4.01. The van der Waals surface area contributed by atoms with Gasteiger partial charge in [-0.15, -0.1) is 11.3 Å². The molecule has 9 nitrogen and oxygen atoms in total. The lowest BCUT2D eigenvalue weighted by atomic mass is 10.1. The van der Waals surface area contributed by atoms with Crippen LogP contribution in [0.2, 0.25) is 0 Å². The minimum atomic E-state index is -0.639. The van der Waals surface area contributed by atoms with Crippen molar-refractivity contribution in [1.29, 1.82) is 0 Å². The smallest absolute Gasteiger partial charge is 0.407 e. The zero-order chi connectivity index (χ0) is 20.8. The van der Waals surface area contributed by atoms with E-state index in [-0.39, 0.29) is 6.54 Å². The van der Waals surface area contributed by atoms with Gasteiger partial charge in [0.1, 0.15) is 10.6 Å². The van der Waals surface area contributed by atoms with Crippen LogP contribution < -0.4 is 15.4 Å². The molecule has 0 saturated heterocycles. The number of amides is 1. The molecule has 0 unspecified atom stereocenters. The topological polar surface area (TPSA) is 128 Å². The van der Waals surface area contributed by atoms with Crippen molar-refractivity contribution in [2.45, 2.75) is 6.04 Å². The summed E-state index contributed by atoms with van der Waals surface area (Å²) in [6, 6.07) is 14.3. The van der Waals surface area contributed by atoms with Crippen molar-refractivity contribution < 1.29 is 9.53 Å². The Balaban J connectivity index is 1.48. The number of thiophene rings is 1. The monoisotopic (exact) mass is 419 g/mol. The highest BCUT2D eigenvalue weighted by molar-refractivity contribution is 7.14. The normalized spacial score (nSPS) is 11.5. The fourth-order valence-corrected chi connectivity index (χ4v) is 3.69. The summed E-state index contributed by atoms with van der Waals surface area (Å²) in [5.41, 5.74) is 11.1. The van der Waals surface area contributed by atoms with Crippen molar-refractivity contribution in [3.05, 3.63) is 82.3 Å². The highest BCUT2D eigenvalue weighted by atomic mass is 32.1. The summed E-state index contributed by atoms with van der Waals surface area (Å²) < 4.78 is 5.52. The number of azide groups is 1. The number of rotatable bonds is 7. The summed E-state index contributed by atoms with van der Waals surface area (Å²) in [6.45, 7) is 0.0762. The number of fused-ring (bicyclic) bond motifs is 1. The number of aromatic nitrogens is 2. The molecule has 0 aliphatic rings. The predicted molar refractivity (Wildman–Crippen MR) is 116 cm³/mol. The van der Waals surface area contributed by atoms with Gasteiger partial charge < -0.3 is 20.4 Å². The largest absolute Gasteiger partial charge is 0.413 e. The summed E-state index contributed by atoms with van der Waals surface area (Å²) in [7, 11) is 0. The third kappa shape index (κ3) is 4.35. The number of aromatic amines is 1. The van der Waals surface area contributed by atoms with E-state index >= 15 is 0 Å². The number of carbonyl (C=O) groups excluding carboxylic acids is 1. The van der Waals surface area contributed by atoms with Gasteiger partial charge in [0.25, 0.3) is 0 Å². The third-order valence-corrected chi connectivity index (χ3v) is 5.17. The molecule has 0 aliphatic carbocycles. The van der Waals surface area contributed by atoms with Gasteiger partial charge in [0, 0.05) is 22.7 Å². The van der Waals surface area contributed by atoms with E-state index in [4.69, 9.17) is 10.3 Å². The highest BCUT2D eigenvalue weighted by Gasteiger charge is 2.17. The summed E-state index contributed by atoms with van der Waals surface area (Å²) in [5.74, 6) is 0.397. The van der Waals surface area contributed by atoms with Crippen LogP contribution in [0.25, 0.3) is 21.5 Å². The Kier molecular flexibility index (Phi) is 5.79. The molecule has 0 radical (unpaired) electrons. The lowest BCUT2D eigenvalue weighted by Crippen LogP contribution is -2.32. The van der Waals surface area contributed by atoms with E-state index in [2.05, 4.69) is 30.6 Å². The molecule has 3 heterocycles. The van der Waals surface area contributed by atoms with E-state index in [1.165, 1.54) is 11.3 Å². The van der Waals surface area contributed by atoms with Crippen molar-refractivity contribution in [2.24, 2.45) is 5.11 Å². The number of pyridine rings is 1. The summed E-state index contributed by atoms with van der Waals surface area (Å²) in [4.78, 5) is 22.6. The molecule has 1 aromatic carbocycles. The van der Waals surface area contributed by atoms with E-state index in [1.807, 2.05) is 54.0 Å². The van der Waals surface area contributed by atoms with Crippen molar-refractivity contribution in [2.75, 3.05) is 11.9 Å². The van der Waals surface area contributed by atoms with Crippen molar-refractivity contribution in [3.8, 4) is 5.75 Å². The van der Waals surface area contributed by atoms with Gasteiger partial charge in [-0.05, 0) is 34.7 Å². The molecule has 30 heavy (non-hydrogen) atoms. The third-order valence-electron chi connectivity index (χ3n) is 4.36. The van der Waals surface area contributed by atoms with Crippen LogP contribution in [-0.4, -0.2) is 22.6 Å². The molecule has 4 aromatic rings. The Labute approximate surface area is 175 Å². The Morgan fingerprint density at radius 2 is 2.13 bits per heavy atom. The molecule has 0 aliphatic heterocycles. The first-order valence-electron chi connectivity index (χ1n) is 9.05. The van der Waals surface area contributed by atoms with Crippen LogP contribution in [0.4, 0.5) is 15.5 Å². The Morgan fingerprint density at radius 1 is 1.27 bits per heavy atom. The minimum absolute atomic E-state index is 0.0762. The van der Waals surface area contributed by atoms with E-state index in [1.54, 1.807) is 12.3 Å². The SMILES string of the molecule is [N-]=[N+]=NC[C@@H](NC(=O)Oc1ccsc1Nc1ccnc2[nH]ccc12)c1ccccc1. The summed E-state index contributed by atoms with van der Waals surface area (Å²) in [6.07, 6.45) is 2.87. The number of H-pyrrole nitrogens is 1. The molecule has 0 spiro atoms. The van der Waals surface area contributed by atoms with Crippen LogP contribution in [0.3, 0.4) is 0 Å². The maximum atomic E-state index is 12.5. The Bertz CT molecular complexity index is 1200. The van der Waals surface area contributed by atoms with E-state index in [0.29, 0.717) is 10.8 Å². The van der Waals surface area contributed by atoms with Crippen LogP contribution in [0.15, 0.2) is 71.4 Å². The molecular formula is C20H17N7O2S. The average Bonchev–Trinajstić information content (AvgIpc) is 3.42. The standard InChI is InChI=1S/C20H17N7O2S/c21-27-24-12-16(13-4-2-1-3-5-13)26-20(28)29-17-8-11-30-19(17)25-15-7-10-23-18-14(15)6-9-22-18/h1-11,16H,12H2,(H,26,28)(H2,22,23,25)/t16-/m1/s1. The highest BCUT2D eigenvalue weighted by Crippen LogP contribution is 2.35. The van der Waals surface area contributed by atoms with Gasteiger partial charge in [-0.25, -0.2) is 9.78 Å². The lowest BCUT2D eigenvalue weighted by molar-refractivity contribution is 0.196. The second-order valence-electron chi connectivity index (χ2n) is 6.25. The summed E-state index contributed by atoms with van der Waals surface area (Å²) >= 11 is 1.41. The molecule has 0 fully saturated rings. The maximum absolute atomic E-state index is 12.5. The second kappa shape index (κ2) is 8.99. The molecule has 0 saturated carbocycles. The number of nitrogens with one attached hydrogen (secondary N) is 3. The van der Waals surface area contributed by atoms with Crippen LogP contribution in [0.1, 0.15) is 11.6 Å². The number of ether oxygens (including phenoxy) is 1. The molecule has 10 heteroatoms. The minimum Gasteiger partial charge on any atom is -0.407 e. The molecular weight excluding hydrogens is 402 g/mol. The number of hydrogen-bond donors (Lipinski definition) is 3. The van der Waals surface area contributed by atoms with E-state index in [0.717, 1.165) is 22.3 Å². The van der Waals surface area contributed by atoms with Crippen molar-refractivity contribution >= 4 is 39.2 Å². The van der Waals surface area contributed by atoms with Gasteiger partial charge in [0.05, 0.1) is 18.3 Å². The number of nitrogens with zero attached hydrogens (tertiary/aromatic N) is 4. The number of anilines is 2. The zero-order valence-electron chi connectivity index (χ0n) is 15.6. The summed E-state index contributed by atoms with van der Waals surface area (Å²) in [5, 5.41) is 13.1. The van der Waals surface area contributed by atoms with Crippen LogP contribution >= 0.6 is 11.3 Å². The zero-order valence-corrected chi connectivity index (χ0v) is 16.5. The maximum Gasteiger partial charge on any atom is 0.413 e. The fraction of sp³-hybridized carbons (Fsp3) is 0.100. The average molecular weight is 419 g/mol. The van der Waals surface area contributed by atoms with Gasteiger partial charge >= 0.3 is 6.09 Å². The van der Waals surface area contributed by atoms with Gasteiger partial charge in [0.2, 0.25) is 0 Å². The van der Waals surface area contributed by atoms with Crippen LogP contribution in [0, 0.1) is 0 Å². The van der Waals surface area contributed by atoms with E-state index < -0.39 is 12.1 Å². The van der Waals surface area contributed by atoms with Crippen molar-refractivity contribution in [3.63, 3.8) is 0 Å². The molecule has 3 N–H and O–H groups in total. The Morgan fingerprint density at radius 3 is 2.97 bits per heavy atom. The van der Waals surface area contributed by atoms with Gasteiger partial charge in [-0.2, -0.15) is 0 Å². The first-order chi connectivity index (χ1) is 14.7. The number of benzene rings is 1. The van der Waals surface area contributed by atoms with Crippen LogP contribution in [0.5, 0.6) is 5.75 Å². The fourth-order valence-electron chi connectivity index (χ4n) is 2.97. The quantitative estimate of drug-likeness (QED) is 0.207. The number of hydrogen-bond acceptors (Lipinski definition) is 6. The molecule has 3 aromatic heterocycles. The molecule has 150 valence electrons. The van der Waals surface area contributed by atoms with Gasteiger partial charge in [-0.3, -0.25) is 0 Å². The molecule has 0 bridgehead atoms. The van der Waals surface area contributed by atoms with Crippen LogP contribution in [-0.2, 0) is 0 Å². The first kappa shape index (κ1) is 19.3. The van der Waals surface area contributed by atoms with E-state index in [9.17, 15) is 4.79 Å². The van der Waals surface area contributed by atoms with Gasteiger partial charge in [0.15, 0.2) is 5.75 Å². The molecule has 1 amide bonds. The molecule has 4 rings (SSSR count). The van der Waals surface area contributed by atoms with Crippen molar-refractivity contribution in [1.82, 2.24) is 15.3 Å². The molecule has 1 atom stereocenters. The lowest BCUT2D eigenvalue weighted by Gasteiger charge is -2.17. The number of carbonyl (C=O) groups is 1. The second-order valence-corrected chi connectivity index (χ2v) is 7.16. The first-order valence-corrected chi connectivity index (χ1v) is 9.93.